The van der Waals surface area contributed by atoms with Crippen molar-refractivity contribution >= 4 is 12.3 Å². The quantitative estimate of drug-likeness (QED) is 0.548. The monoisotopic (exact) mass is 407 g/mol. The highest BCUT2D eigenvalue weighted by Crippen LogP contribution is 2.50. The molecule has 5 rings (SSSR count). The molecule has 30 heavy (non-hydrogen) atoms. The van der Waals surface area contributed by atoms with E-state index in [1.54, 1.807) is 37.0 Å². The molecule has 3 aliphatic rings. The van der Waals surface area contributed by atoms with E-state index in [4.69, 9.17) is 5.73 Å². The fraction of sp³-hybridized carbons (Fsp3) is 0.455. The minimum Gasteiger partial charge on any atom is -0.378 e. The lowest BCUT2D eigenvalue weighted by Crippen LogP contribution is -2.32. The molecule has 2 aromatic rings. The molecule has 0 radical (unpaired) electrons. The Hall–Kier alpha value is -3.18. The molecule has 3 aliphatic carbocycles. The highest BCUT2D eigenvalue weighted by Gasteiger charge is 2.42. The van der Waals surface area contributed by atoms with Gasteiger partial charge in [0.05, 0.1) is 5.69 Å². The van der Waals surface area contributed by atoms with Crippen LogP contribution in [0.2, 0.25) is 0 Å². The summed E-state index contributed by atoms with van der Waals surface area (Å²) in [5.41, 5.74) is 7.33. The number of hydrogen-bond donors (Lipinski definition) is 2. The van der Waals surface area contributed by atoms with Gasteiger partial charge in [0, 0.05) is 43.3 Å². The SMILES string of the molecule is CN(C=O)CCC(C)(O)C#Cc1ccnc(-n2nc(C(N)=O)c3c2C2CC(C3)C2)c1. The van der Waals surface area contributed by atoms with E-state index in [1.165, 1.54) is 4.90 Å². The van der Waals surface area contributed by atoms with Gasteiger partial charge in [-0.3, -0.25) is 9.59 Å². The summed E-state index contributed by atoms with van der Waals surface area (Å²) in [4.78, 5) is 28.5. The predicted octanol–water partition coefficient (Wildman–Crippen LogP) is 0.997. The van der Waals surface area contributed by atoms with Crippen LogP contribution in [0.1, 0.15) is 59.4 Å². The summed E-state index contributed by atoms with van der Waals surface area (Å²) >= 11 is 0. The molecule has 2 aromatic heterocycles. The highest BCUT2D eigenvalue weighted by atomic mass is 16.3. The summed E-state index contributed by atoms with van der Waals surface area (Å²) in [6, 6.07) is 3.55. The summed E-state index contributed by atoms with van der Waals surface area (Å²) in [7, 11) is 1.65. The second kappa shape index (κ2) is 7.58. The number of nitrogens with two attached hydrogens (primary N) is 1. The standard InChI is InChI=1S/C22H25N5O3/c1-22(30,6-8-26(2)13-28)5-3-14-4-7-24-18(12-14)27-20-16-9-15(10-16)11-17(20)19(25-27)21(23)29/h4,7,12-13,15-16,30H,6,8-11H2,1-2H3,(H2,23,29). The number of carbonyl (C=O) groups is 2. The molecule has 1 fully saturated rings. The second-order valence-electron chi connectivity index (χ2n) is 8.49. The van der Waals surface area contributed by atoms with Crippen LogP contribution in [0.4, 0.5) is 0 Å². The van der Waals surface area contributed by atoms with Crippen molar-refractivity contribution in [2.75, 3.05) is 13.6 Å². The largest absolute Gasteiger partial charge is 0.378 e. The maximum atomic E-state index is 11.9. The number of carbonyl (C=O) groups excluding carboxylic acids is 2. The zero-order valence-electron chi connectivity index (χ0n) is 17.1. The first-order valence-electron chi connectivity index (χ1n) is 10.1. The van der Waals surface area contributed by atoms with Crippen molar-refractivity contribution in [2.45, 2.75) is 44.1 Å². The van der Waals surface area contributed by atoms with E-state index in [-0.39, 0.29) is 0 Å². The van der Waals surface area contributed by atoms with Crippen molar-refractivity contribution < 1.29 is 14.7 Å². The van der Waals surface area contributed by atoms with E-state index in [0.717, 1.165) is 30.5 Å². The Morgan fingerprint density at radius 3 is 2.97 bits per heavy atom. The molecule has 1 unspecified atom stereocenters. The van der Waals surface area contributed by atoms with Crippen LogP contribution < -0.4 is 5.73 Å². The number of hydrogen-bond acceptors (Lipinski definition) is 5. The van der Waals surface area contributed by atoms with E-state index < -0.39 is 11.5 Å². The number of aliphatic hydroxyl groups is 1. The summed E-state index contributed by atoms with van der Waals surface area (Å²) in [5.74, 6) is 6.92. The van der Waals surface area contributed by atoms with Crippen LogP contribution in [-0.4, -0.2) is 56.3 Å². The van der Waals surface area contributed by atoms with E-state index in [9.17, 15) is 14.7 Å². The predicted molar refractivity (Wildman–Crippen MR) is 110 cm³/mol. The molecule has 0 saturated heterocycles. The normalized spacial score (nSPS) is 20.8. The summed E-state index contributed by atoms with van der Waals surface area (Å²) in [6.45, 7) is 2.03. The van der Waals surface area contributed by atoms with Gasteiger partial charge in [-0.25, -0.2) is 9.67 Å². The van der Waals surface area contributed by atoms with Gasteiger partial charge in [-0.05, 0) is 44.2 Å². The first-order valence-corrected chi connectivity index (χ1v) is 10.1. The first kappa shape index (κ1) is 20.1. The molecule has 0 spiro atoms. The molecule has 3 N–H and O–H groups in total. The number of rotatable bonds is 6. The summed E-state index contributed by atoms with van der Waals surface area (Å²) in [5, 5.41) is 15.0. The smallest absolute Gasteiger partial charge is 0.269 e. The van der Waals surface area contributed by atoms with Crippen LogP contribution in [0, 0.1) is 17.8 Å². The Bertz CT molecular complexity index is 1060. The molecule has 1 saturated carbocycles. The van der Waals surface area contributed by atoms with Crippen LogP contribution in [0.3, 0.4) is 0 Å². The van der Waals surface area contributed by atoms with Crippen molar-refractivity contribution in [3.63, 3.8) is 0 Å². The number of pyridine rings is 1. The van der Waals surface area contributed by atoms with Crippen molar-refractivity contribution in [3.8, 4) is 17.7 Å². The average molecular weight is 407 g/mol. The van der Waals surface area contributed by atoms with Gasteiger partial charge in [0.25, 0.3) is 5.91 Å². The minimum atomic E-state index is -1.23. The average Bonchev–Trinajstić information content (AvgIpc) is 3.11. The molecule has 2 bridgehead atoms. The third-order valence-electron chi connectivity index (χ3n) is 5.94. The van der Waals surface area contributed by atoms with Gasteiger partial charge in [-0.1, -0.05) is 11.8 Å². The Morgan fingerprint density at radius 1 is 1.50 bits per heavy atom. The lowest BCUT2D eigenvalue weighted by molar-refractivity contribution is -0.117. The van der Waals surface area contributed by atoms with Gasteiger partial charge in [0.1, 0.15) is 5.60 Å². The molecule has 2 heterocycles. The van der Waals surface area contributed by atoms with Crippen molar-refractivity contribution in [1.29, 1.82) is 0 Å². The molecular formula is C22H25N5O3. The van der Waals surface area contributed by atoms with Crippen molar-refractivity contribution in [1.82, 2.24) is 19.7 Å². The van der Waals surface area contributed by atoms with E-state index in [1.807, 2.05) is 0 Å². The van der Waals surface area contributed by atoms with E-state index in [2.05, 4.69) is 21.9 Å². The third-order valence-corrected chi connectivity index (χ3v) is 5.94. The Balaban J connectivity index is 1.63. The van der Waals surface area contributed by atoms with Crippen LogP contribution in [0.15, 0.2) is 18.3 Å². The van der Waals surface area contributed by atoms with Gasteiger partial charge in [0.2, 0.25) is 6.41 Å². The topological polar surface area (TPSA) is 114 Å². The van der Waals surface area contributed by atoms with Crippen molar-refractivity contribution in [2.24, 2.45) is 11.7 Å². The van der Waals surface area contributed by atoms with Gasteiger partial charge in [-0.15, -0.1) is 0 Å². The molecule has 8 nitrogen and oxygen atoms in total. The molecule has 8 heteroatoms. The maximum absolute atomic E-state index is 11.9. The van der Waals surface area contributed by atoms with Crippen LogP contribution >= 0.6 is 0 Å². The van der Waals surface area contributed by atoms with Crippen LogP contribution in [-0.2, 0) is 11.2 Å². The fourth-order valence-corrected chi connectivity index (χ4v) is 4.20. The Labute approximate surface area is 175 Å². The molecule has 0 aliphatic heterocycles. The number of amides is 2. The lowest BCUT2D eigenvalue weighted by atomic mass is 9.64. The molecule has 2 amide bonds. The Kier molecular flexibility index (Phi) is 5.08. The summed E-state index contributed by atoms with van der Waals surface area (Å²) in [6.07, 6.45) is 5.74. The fourth-order valence-electron chi connectivity index (χ4n) is 4.20. The number of nitrogens with zero attached hydrogens (tertiary/aromatic N) is 4. The zero-order valence-corrected chi connectivity index (χ0v) is 17.1. The third kappa shape index (κ3) is 3.81. The van der Waals surface area contributed by atoms with Gasteiger partial charge in [-0.2, -0.15) is 5.10 Å². The maximum Gasteiger partial charge on any atom is 0.269 e. The van der Waals surface area contributed by atoms with Gasteiger partial charge < -0.3 is 15.7 Å². The molecule has 0 aromatic carbocycles. The summed E-state index contributed by atoms with van der Waals surface area (Å²) < 4.78 is 1.73. The Morgan fingerprint density at radius 2 is 2.27 bits per heavy atom. The first-order chi connectivity index (χ1) is 14.3. The number of primary amides is 1. The molecule has 1 atom stereocenters. The van der Waals surface area contributed by atoms with Crippen molar-refractivity contribution in [3.05, 3.63) is 40.8 Å². The number of aromatic nitrogens is 3. The lowest BCUT2D eigenvalue weighted by Gasteiger charge is -2.41. The second-order valence-corrected chi connectivity index (χ2v) is 8.49. The molecule has 156 valence electrons. The minimum absolute atomic E-state index is 0.333. The van der Waals surface area contributed by atoms with Gasteiger partial charge >= 0.3 is 0 Å². The van der Waals surface area contributed by atoms with Crippen LogP contribution in [0.25, 0.3) is 5.82 Å². The van der Waals surface area contributed by atoms with Gasteiger partial charge in [0.15, 0.2) is 11.5 Å². The highest BCUT2D eigenvalue weighted by molar-refractivity contribution is 5.93. The zero-order chi connectivity index (χ0) is 21.5. The molecular weight excluding hydrogens is 382 g/mol. The van der Waals surface area contributed by atoms with E-state index in [0.29, 0.717) is 48.3 Å². The van der Waals surface area contributed by atoms with Crippen LogP contribution in [0.5, 0.6) is 0 Å². The van der Waals surface area contributed by atoms with E-state index >= 15 is 0 Å².